The maximum atomic E-state index is 4.93. The molecule has 90 heavy (non-hydrogen) atoms. The van der Waals surface area contributed by atoms with Gasteiger partial charge in [0.1, 0.15) is 0 Å². The van der Waals surface area contributed by atoms with Crippen LogP contribution in [-0.2, 0) is 47.1 Å². The fraction of sp³-hybridized carbons (Fsp3) is 0.417. The monoisotopic (exact) mass is 1760 g/mol. The van der Waals surface area contributed by atoms with Crippen LogP contribution in [0, 0.1) is 50.4 Å². The van der Waals surface area contributed by atoms with Crippen LogP contribution < -0.4 is 0 Å². The summed E-state index contributed by atoms with van der Waals surface area (Å²) in [5.74, 6) is 4.87. The van der Waals surface area contributed by atoms with Crippen molar-refractivity contribution < 1.29 is 47.1 Å². The molecule has 2 fully saturated rings. The topological polar surface area (TPSA) is 56.4 Å². The van der Waals surface area contributed by atoms with E-state index in [1.807, 2.05) is 144 Å². The maximum absolute atomic E-state index is 4.93. The van der Waals surface area contributed by atoms with Crippen molar-refractivity contribution in [2.75, 3.05) is 26.2 Å². The molecule has 6 aliphatic rings. The summed E-state index contributed by atoms with van der Waals surface area (Å²) < 4.78 is 5.54. The number of benzene rings is 4. The molecule has 0 radical (unpaired) electrons. The Morgan fingerprint density at radius 3 is 1.01 bits per heavy atom. The number of allylic oxidation sites excluding steroid dienone is 6. The largest absolute Gasteiger partial charge is 4.00 e. The van der Waals surface area contributed by atoms with Crippen LogP contribution in [0.2, 0.25) is 37.3 Å². The number of rotatable bonds is 16. The molecular formula is C72H90Br4Cl2N4S4Si2Zr2. The Morgan fingerprint density at radius 2 is 0.733 bits per heavy atom. The van der Waals surface area contributed by atoms with Gasteiger partial charge in [-0.1, -0.05) is 231 Å². The molecule has 0 spiro atoms. The van der Waals surface area contributed by atoms with Gasteiger partial charge >= 0.3 is 64.1 Å². The number of halogens is 6. The number of nitrogens with zero attached hydrogens (tertiary/aromatic N) is 4. The van der Waals surface area contributed by atoms with Gasteiger partial charge in [-0.05, 0) is 116 Å². The molecule has 4 nitrogen and oxygen atoms in total. The minimum absolute atomic E-state index is 0. The predicted molar refractivity (Wildman–Crippen MR) is 420 cm³/mol. The molecule has 12 rings (SSSR count). The third kappa shape index (κ3) is 18.8. The van der Waals surface area contributed by atoms with E-state index in [2.05, 4.69) is 212 Å². The molecule has 4 aliphatic carbocycles. The van der Waals surface area contributed by atoms with Gasteiger partial charge in [-0.15, -0.1) is 95.1 Å². The SMILES string of the molecule is CC1=C(C)C([Si](C)(C)C2C(C)=C(C)c3c(Br)csc32)c2scc(Br)c21.CC1C(C)C([Si](C)(C)C2C(C)C(C)C3C(Br)=CSC32)C2SC=C(Br)C12.[CH3-].[CH3-].[Cl][Zr+2][Cl].[Zr+4].c1ccc([N-]CCC[N-]c2ccccc2)cc1.c1ccc([N-]CCC[N-]c2ccccc2)cc1. The fourth-order valence-corrected chi connectivity index (χ4v) is 39.6. The molecule has 18 heteroatoms. The van der Waals surface area contributed by atoms with Crippen LogP contribution in [0.25, 0.3) is 32.4 Å². The van der Waals surface area contributed by atoms with Crippen LogP contribution in [-0.4, -0.2) is 52.8 Å². The smallest absolute Gasteiger partial charge is 0.684 e. The summed E-state index contributed by atoms with van der Waals surface area (Å²) in [7, 11) is 6.78. The summed E-state index contributed by atoms with van der Waals surface area (Å²) in [5.41, 5.74) is 16.5. The van der Waals surface area contributed by atoms with Crippen molar-refractivity contribution >= 4 is 177 Å². The van der Waals surface area contributed by atoms with Crippen molar-refractivity contribution in [3.63, 3.8) is 0 Å². The van der Waals surface area contributed by atoms with Crippen molar-refractivity contribution in [3.05, 3.63) is 229 Å². The molecule has 12 atom stereocenters. The Morgan fingerprint density at radius 1 is 0.456 bits per heavy atom. The second-order valence-electron chi connectivity index (χ2n) is 25.2. The van der Waals surface area contributed by atoms with E-state index in [1.165, 1.54) is 40.2 Å². The molecule has 2 saturated carbocycles. The molecule has 2 aromatic heterocycles. The first-order valence-corrected chi connectivity index (χ1v) is 49.9. The first kappa shape index (κ1) is 80.5. The molecule has 6 aromatic rings. The summed E-state index contributed by atoms with van der Waals surface area (Å²) in [6.45, 7) is 33.6. The summed E-state index contributed by atoms with van der Waals surface area (Å²) in [6.07, 6.45) is 1.98. The van der Waals surface area contributed by atoms with Crippen LogP contribution in [0.3, 0.4) is 0 Å². The summed E-state index contributed by atoms with van der Waals surface area (Å²) in [6, 6.07) is 40.2. The Balaban J connectivity index is 0.000000216. The van der Waals surface area contributed by atoms with Crippen molar-refractivity contribution in [1.29, 1.82) is 0 Å². The van der Waals surface area contributed by atoms with E-state index in [1.54, 1.807) is 20.9 Å². The first-order valence-electron chi connectivity index (χ1n) is 30.4. The molecule has 4 aromatic carbocycles. The van der Waals surface area contributed by atoms with Crippen molar-refractivity contribution in [3.8, 4) is 0 Å². The van der Waals surface area contributed by atoms with E-state index >= 15 is 0 Å². The van der Waals surface area contributed by atoms with Gasteiger partial charge < -0.3 is 36.1 Å². The molecule has 2 aliphatic heterocycles. The van der Waals surface area contributed by atoms with E-state index in [0.717, 1.165) is 119 Å². The molecular weight excluding hydrogens is 1680 g/mol. The van der Waals surface area contributed by atoms with Gasteiger partial charge in [0.15, 0.2) is 0 Å². The van der Waals surface area contributed by atoms with Gasteiger partial charge in [-0.3, -0.25) is 0 Å². The molecule has 480 valence electrons. The van der Waals surface area contributed by atoms with E-state index in [4.69, 9.17) is 17.0 Å². The van der Waals surface area contributed by atoms with Gasteiger partial charge in [-0.2, -0.15) is 0 Å². The Kier molecular flexibility index (Phi) is 33.7. The average molecular weight is 1770 g/mol. The zero-order valence-corrected chi connectivity index (χ0v) is 72.8. The minimum Gasteiger partial charge on any atom is -0.684 e. The Bertz CT molecular complexity index is 3020. The zero-order valence-electron chi connectivity index (χ0n) is 54.7. The van der Waals surface area contributed by atoms with Crippen molar-refractivity contribution in [2.24, 2.45) is 35.5 Å². The average Bonchev–Trinajstić information content (AvgIpc) is 1.57. The van der Waals surface area contributed by atoms with Crippen LogP contribution in [0.15, 0.2) is 172 Å². The Labute approximate surface area is 633 Å². The standard InChI is InChI=1S/C20H30Br2S2Si.C20H22Br2S2Si.2C15H16N2.2CH3.2ClH.2Zr/c2*1-9-11(3)19(17-15(9)13(21)7-23-17)25(5,6)20-12(4)10(2)16-14(22)8-24-18(16)20;2*1-3-8-14(9-4-1)16-12-7-13-17-15-10-5-2-6-11-15;;;;;;/h7-12,15-20H,1-6H3;7-8,19-20H,1-6H3;2*1-6,8-11H,7,12-13H2;2*1H3;2*1H;;/q;;2*-2;2*-1;;;2*+4/p-2. The number of hydrogen-bond donors (Lipinski definition) is 0. The maximum Gasteiger partial charge on any atom is 4.00 e. The van der Waals surface area contributed by atoms with E-state index in [0.29, 0.717) is 11.1 Å². The number of thiophene rings is 2. The van der Waals surface area contributed by atoms with Gasteiger partial charge in [0.05, 0.1) is 16.1 Å². The predicted octanol–water partition coefficient (Wildman–Crippen LogP) is 28.4. The normalized spacial score (nSPS) is 24.7. The minimum atomic E-state index is -1.66. The summed E-state index contributed by atoms with van der Waals surface area (Å²) in [4.78, 5) is 3.21. The number of hydrogen-bond acceptors (Lipinski definition) is 4. The molecule has 0 bridgehead atoms. The molecule has 0 amide bonds. The van der Waals surface area contributed by atoms with E-state index < -0.39 is 37.0 Å². The number of fused-ring (bicyclic) bond motifs is 4. The van der Waals surface area contributed by atoms with E-state index in [9.17, 15) is 0 Å². The van der Waals surface area contributed by atoms with Gasteiger partial charge in [0.25, 0.3) is 0 Å². The molecule has 0 saturated heterocycles. The quantitative estimate of drug-likeness (QED) is 0.0551. The molecule has 0 N–H and O–H groups in total. The Hall–Kier alpha value is -0.160. The van der Waals surface area contributed by atoms with E-state index in [-0.39, 0.29) is 41.1 Å². The number of para-hydroxylation sites is 4. The van der Waals surface area contributed by atoms with Crippen molar-refractivity contribution in [2.45, 2.75) is 127 Å². The van der Waals surface area contributed by atoms with Crippen LogP contribution in [0.4, 0.5) is 22.7 Å². The van der Waals surface area contributed by atoms with Gasteiger partial charge in [0, 0.05) is 83.0 Å². The third-order valence-corrected chi connectivity index (χ3v) is 38.7. The second-order valence-corrected chi connectivity index (χ2v) is 46.1. The summed E-state index contributed by atoms with van der Waals surface area (Å²) in [5, 5.41) is 29.0. The summed E-state index contributed by atoms with van der Waals surface area (Å²) >= 11 is 22.8. The van der Waals surface area contributed by atoms with Crippen LogP contribution in [0.1, 0.15) is 100 Å². The van der Waals surface area contributed by atoms with Gasteiger partial charge in [0.2, 0.25) is 0 Å². The van der Waals surface area contributed by atoms with Crippen LogP contribution >= 0.6 is 127 Å². The molecule has 12 unspecified atom stereocenters. The second kappa shape index (κ2) is 37.7. The third-order valence-electron chi connectivity index (χ3n) is 19.6. The fourth-order valence-electron chi connectivity index (χ4n) is 15.1. The molecule has 4 heterocycles. The number of thioether (sulfide) groups is 2. The van der Waals surface area contributed by atoms with Gasteiger partial charge in [-0.25, -0.2) is 0 Å². The van der Waals surface area contributed by atoms with Crippen LogP contribution in [0.5, 0.6) is 0 Å². The first-order chi connectivity index (χ1) is 41.7. The van der Waals surface area contributed by atoms with Crippen molar-refractivity contribution in [1.82, 2.24) is 0 Å². The zero-order chi connectivity index (χ0) is 62.7.